The van der Waals surface area contributed by atoms with Crippen LogP contribution in [0.1, 0.15) is 34.3 Å². The summed E-state index contributed by atoms with van der Waals surface area (Å²) in [6.45, 7) is 3.25. The third kappa shape index (κ3) is 3.97. The van der Waals surface area contributed by atoms with E-state index in [1.54, 1.807) is 0 Å². The van der Waals surface area contributed by atoms with Gasteiger partial charge in [-0.2, -0.15) is 0 Å². The lowest BCUT2D eigenvalue weighted by atomic mass is 10.0. The molecule has 1 aliphatic rings. The Morgan fingerprint density at radius 2 is 2.00 bits per heavy atom. The molecule has 4 nitrogen and oxygen atoms in total. The van der Waals surface area contributed by atoms with Gasteiger partial charge in [-0.05, 0) is 56.1 Å². The molecule has 5 heteroatoms. The molecular formula is C20H23ClN2O2. The molecule has 0 radical (unpaired) electrons. The minimum Gasteiger partial charge on any atom is -0.492 e. The molecule has 0 heterocycles. The van der Waals surface area contributed by atoms with Crippen LogP contribution in [-0.4, -0.2) is 26.1 Å². The van der Waals surface area contributed by atoms with E-state index in [9.17, 15) is 4.79 Å². The lowest BCUT2D eigenvalue weighted by molar-refractivity contribution is 0.0929. The van der Waals surface area contributed by atoms with Crippen molar-refractivity contribution in [2.45, 2.75) is 25.3 Å². The van der Waals surface area contributed by atoms with E-state index in [0.29, 0.717) is 22.9 Å². The topological polar surface area (TPSA) is 50.4 Å². The highest BCUT2D eigenvalue weighted by Crippen LogP contribution is 2.48. The van der Waals surface area contributed by atoms with Gasteiger partial charge in [-0.1, -0.05) is 35.9 Å². The molecule has 3 rings (SSSR count). The number of hydrogen-bond acceptors (Lipinski definition) is 3. The number of halogens is 1. The third-order valence-electron chi connectivity index (χ3n) is 4.57. The van der Waals surface area contributed by atoms with Crippen LogP contribution >= 0.6 is 11.6 Å². The predicted molar refractivity (Wildman–Crippen MR) is 100 cm³/mol. The average Bonchev–Trinajstić information content (AvgIpc) is 3.37. The second-order valence-electron chi connectivity index (χ2n) is 6.44. The van der Waals surface area contributed by atoms with Crippen molar-refractivity contribution in [3.63, 3.8) is 0 Å². The second kappa shape index (κ2) is 7.46. The highest BCUT2D eigenvalue weighted by atomic mass is 35.5. The first kappa shape index (κ1) is 17.8. The van der Waals surface area contributed by atoms with Gasteiger partial charge in [0.2, 0.25) is 0 Å². The van der Waals surface area contributed by atoms with E-state index in [4.69, 9.17) is 16.3 Å². The summed E-state index contributed by atoms with van der Waals surface area (Å²) in [4.78, 5) is 12.9. The van der Waals surface area contributed by atoms with Gasteiger partial charge >= 0.3 is 0 Å². The molecule has 0 aromatic heterocycles. The highest BCUT2D eigenvalue weighted by Gasteiger charge is 2.47. The second-order valence-corrected chi connectivity index (χ2v) is 6.85. The van der Waals surface area contributed by atoms with Crippen molar-refractivity contribution in [2.75, 3.05) is 20.2 Å². The Morgan fingerprint density at radius 3 is 2.68 bits per heavy atom. The minimum absolute atomic E-state index is 0.0889. The van der Waals surface area contributed by atoms with E-state index < -0.39 is 0 Å². The number of hydrogen-bond donors (Lipinski definition) is 2. The van der Waals surface area contributed by atoms with Crippen LogP contribution in [0.2, 0.25) is 5.02 Å². The number of amides is 1. The molecule has 0 bridgehead atoms. The summed E-state index contributed by atoms with van der Waals surface area (Å²) in [5.74, 6) is 0.613. The zero-order chi connectivity index (χ0) is 17.9. The summed E-state index contributed by atoms with van der Waals surface area (Å²) in [7, 11) is 1.88. The van der Waals surface area contributed by atoms with Gasteiger partial charge in [0, 0.05) is 17.1 Å². The monoisotopic (exact) mass is 358 g/mol. The van der Waals surface area contributed by atoms with Gasteiger partial charge in [0.15, 0.2) is 0 Å². The van der Waals surface area contributed by atoms with Crippen LogP contribution in [0.25, 0.3) is 0 Å². The first-order chi connectivity index (χ1) is 12.1. The summed E-state index contributed by atoms with van der Waals surface area (Å²) in [5, 5.41) is 6.91. The molecule has 2 N–H and O–H groups in total. The van der Waals surface area contributed by atoms with E-state index in [0.717, 1.165) is 30.5 Å². The zero-order valence-electron chi connectivity index (χ0n) is 14.6. The minimum atomic E-state index is -0.342. The summed E-state index contributed by atoms with van der Waals surface area (Å²) in [6.07, 6.45) is 1.81. The third-order valence-corrected chi connectivity index (χ3v) is 4.90. The van der Waals surface area contributed by atoms with Crippen molar-refractivity contribution in [1.29, 1.82) is 0 Å². The normalized spacial score (nSPS) is 14.8. The Bertz CT molecular complexity index is 772. The van der Waals surface area contributed by atoms with Crippen LogP contribution in [0.4, 0.5) is 0 Å². The van der Waals surface area contributed by atoms with Crippen molar-refractivity contribution >= 4 is 17.5 Å². The molecule has 1 aliphatic carbocycles. The average molecular weight is 359 g/mol. The Hall–Kier alpha value is -2.04. The van der Waals surface area contributed by atoms with Gasteiger partial charge in [-0.25, -0.2) is 0 Å². The Morgan fingerprint density at radius 1 is 1.24 bits per heavy atom. The maximum Gasteiger partial charge on any atom is 0.252 e. The summed E-state index contributed by atoms with van der Waals surface area (Å²) in [6, 6.07) is 13.3. The van der Waals surface area contributed by atoms with E-state index in [1.165, 1.54) is 0 Å². The molecule has 1 amide bonds. The molecule has 1 fully saturated rings. The number of carbonyl (C=O) groups is 1. The molecular weight excluding hydrogens is 336 g/mol. The molecule has 25 heavy (non-hydrogen) atoms. The number of ether oxygens (including phenoxy) is 1. The van der Waals surface area contributed by atoms with Gasteiger partial charge in [-0.3, -0.25) is 4.79 Å². The SMILES string of the molecule is CNCCOc1ccc(C)c(C(=O)NC2(c3ccccc3Cl)CC2)c1. The molecule has 0 atom stereocenters. The lowest BCUT2D eigenvalue weighted by Crippen LogP contribution is -2.35. The van der Waals surface area contributed by atoms with Crippen LogP contribution in [0.5, 0.6) is 5.75 Å². The highest BCUT2D eigenvalue weighted by molar-refractivity contribution is 6.31. The Kier molecular flexibility index (Phi) is 5.30. The van der Waals surface area contributed by atoms with Crippen LogP contribution in [-0.2, 0) is 5.54 Å². The summed E-state index contributed by atoms with van der Waals surface area (Å²) >= 11 is 6.33. The smallest absolute Gasteiger partial charge is 0.252 e. The first-order valence-corrected chi connectivity index (χ1v) is 8.89. The summed E-state index contributed by atoms with van der Waals surface area (Å²) < 4.78 is 5.68. The number of nitrogens with one attached hydrogen (secondary N) is 2. The van der Waals surface area contributed by atoms with Gasteiger partial charge in [0.05, 0.1) is 5.54 Å². The fraction of sp³-hybridized carbons (Fsp3) is 0.350. The van der Waals surface area contributed by atoms with Crippen molar-refractivity contribution in [3.05, 3.63) is 64.2 Å². The molecule has 0 unspecified atom stereocenters. The standard InChI is InChI=1S/C20H23ClN2O2/c1-14-7-8-15(25-12-11-22-2)13-16(14)19(24)23-20(9-10-20)17-5-3-4-6-18(17)21/h3-8,13,22H,9-12H2,1-2H3,(H,23,24). The van der Waals surface area contributed by atoms with Crippen molar-refractivity contribution in [1.82, 2.24) is 10.6 Å². The molecule has 2 aromatic rings. The van der Waals surface area contributed by atoms with Crippen LogP contribution < -0.4 is 15.4 Å². The fourth-order valence-corrected chi connectivity index (χ4v) is 3.24. The quantitative estimate of drug-likeness (QED) is 0.742. The number of carbonyl (C=O) groups excluding carboxylic acids is 1. The van der Waals surface area contributed by atoms with Crippen molar-refractivity contribution in [3.8, 4) is 5.75 Å². The molecule has 132 valence electrons. The number of aryl methyl sites for hydroxylation is 1. The lowest BCUT2D eigenvalue weighted by Gasteiger charge is -2.20. The number of benzene rings is 2. The van der Waals surface area contributed by atoms with E-state index in [1.807, 2.05) is 56.4 Å². The molecule has 2 aromatic carbocycles. The van der Waals surface area contributed by atoms with Crippen molar-refractivity contribution in [2.24, 2.45) is 0 Å². The maximum atomic E-state index is 12.9. The van der Waals surface area contributed by atoms with Crippen molar-refractivity contribution < 1.29 is 9.53 Å². The van der Waals surface area contributed by atoms with Crippen LogP contribution in [0.3, 0.4) is 0 Å². The summed E-state index contributed by atoms with van der Waals surface area (Å²) in [5.41, 5.74) is 2.21. The molecule has 0 saturated heterocycles. The Labute approximate surface area is 153 Å². The largest absolute Gasteiger partial charge is 0.492 e. The molecule has 0 spiro atoms. The molecule has 1 saturated carbocycles. The number of rotatable bonds is 7. The van der Waals surface area contributed by atoms with Crippen LogP contribution in [0.15, 0.2) is 42.5 Å². The predicted octanol–water partition coefficient (Wildman–Crippen LogP) is 3.67. The first-order valence-electron chi connectivity index (χ1n) is 8.51. The van der Waals surface area contributed by atoms with Crippen LogP contribution in [0, 0.1) is 6.92 Å². The zero-order valence-corrected chi connectivity index (χ0v) is 15.3. The van der Waals surface area contributed by atoms with Gasteiger partial charge in [0.25, 0.3) is 5.91 Å². The van der Waals surface area contributed by atoms with Gasteiger partial charge in [0.1, 0.15) is 12.4 Å². The van der Waals surface area contributed by atoms with Gasteiger partial charge < -0.3 is 15.4 Å². The Balaban J connectivity index is 1.77. The fourth-order valence-electron chi connectivity index (χ4n) is 2.93. The van der Waals surface area contributed by atoms with E-state index in [-0.39, 0.29) is 11.4 Å². The van der Waals surface area contributed by atoms with E-state index >= 15 is 0 Å². The maximum absolute atomic E-state index is 12.9. The van der Waals surface area contributed by atoms with Gasteiger partial charge in [-0.15, -0.1) is 0 Å². The van der Waals surface area contributed by atoms with E-state index in [2.05, 4.69) is 10.6 Å². The molecule has 0 aliphatic heterocycles. The number of likely N-dealkylation sites (N-methyl/N-ethyl adjacent to an activating group) is 1.